The monoisotopic (exact) mass is 1580 g/mol. The lowest BCUT2D eigenvalue weighted by Crippen LogP contribution is -2.27. The van der Waals surface area contributed by atoms with Gasteiger partial charge in [0.25, 0.3) is 0 Å². The summed E-state index contributed by atoms with van der Waals surface area (Å²) < 4.78 is 0. The maximum atomic E-state index is 2.41. The van der Waals surface area contributed by atoms with Crippen molar-refractivity contribution in [2.45, 2.75) is 405 Å². The van der Waals surface area contributed by atoms with Gasteiger partial charge in [-0.05, 0) is 237 Å². The summed E-state index contributed by atoms with van der Waals surface area (Å²) in [6, 6.07) is 0. The van der Waals surface area contributed by atoms with Gasteiger partial charge in [0, 0.05) is 0 Å². The molecule has 40 unspecified atom stereocenters. The smallest absolute Gasteiger partial charge is 0.0389 e. The molecule has 10 aliphatic carbocycles. The molecule has 10 fully saturated rings. The zero-order valence-corrected chi connectivity index (χ0v) is 82.2. The number of rotatable bonds is 0. The summed E-state index contributed by atoms with van der Waals surface area (Å²) in [5, 5.41) is 0. The molecule has 0 aromatic rings. The van der Waals surface area contributed by atoms with Crippen LogP contribution in [0.1, 0.15) is 405 Å². The molecule has 0 bridgehead atoms. The highest BCUT2D eigenvalue weighted by atomic mass is 16.0. The Bertz CT molecular complexity index is 1440. The quantitative estimate of drug-likeness (QED) is 0.218. The summed E-state index contributed by atoms with van der Waals surface area (Å²) in [5.74, 6) is 38.2. The Kier molecular flexibility index (Phi) is 76.4. The van der Waals surface area contributed by atoms with Gasteiger partial charge in [-0.1, -0.05) is 405 Å². The van der Waals surface area contributed by atoms with E-state index in [0.717, 1.165) is 237 Å². The molecule has 10 aliphatic rings. The summed E-state index contributed by atoms with van der Waals surface area (Å²) >= 11 is 0. The van der Waals surface area contributed by atoms with Gasteiger partial charge in [-0.25, -0.2) is 0 Å². The van der Waals surface area contributed by atoms with Crippen molar-refractivity contribution in [2.24, 2.45) is 237 Å². The van der Waals surface area contributed by atoms with E-state index in [2.05, 4.69) is 277 Å². The van der Waals surface area contributed by atoms with Crippen LogP contribution in [0.4, 0.5) is 0 Å². The summed E-state index contributed by atoms with van der Waals surface area (Å²) in [6.07, 6.45) is 29.0. The molecule has 0 spiro atoms. The van der Waals surface area contributed by atoms with Gasteiger partial charge < -0.3 is 54.8 Å². The van der Waals surface area contributed by atoms with E-state index >= 15 is 0 Å². The fraction of sp³-hybridized carbons (Fsp3) is 1.00. The second-order valence-electron chi connectivity index (χ2n) is 42.5. The zero-order valence-electron chi connectivity index (χ0n) is 82.2. The van der Waals surface area contributed by atoms with Crippen LogP contribution >= 0.6 is 0 Å². The molecule has 0 amide bonds. The summed E-state index contributed by atoms with van der Waals surface area (Å²) in [5.41, 5.74) is 0. The van der Waals surface area contributed by atoms with E-state index in [1.165, 1.54) is 128 Å². The van der Waals surface area contributed by atoms with Gasteiger partial charge in [-0.2, -0.15) is 0 Å². The Hall–Kier alpha value is -0.400. The molecule has 0 aromatic heterocycles. The Labute approximate surface area is 693 Å². The van der Waals surface area contributed by atoms with Crippen molar-refractivity contribution in [3.63, 3.8) is 0 Å². The Morgan fingerprint density at radius 1 is 0.0727 bits per heavy atom. The minimum atomic E-state index is 0. The first-order chi connectivity index (χ1) is 46.3. The summed E-state index contributed by atoms with van der Waals surface area (Å²) in [4.78, 5) is 0. The van der Waals surface area contributed by atoms with Crippen molar-refractivity contribution in [1.82, 2.24) is 0 Å². The van der Waals surface area contributed by atoms with Gasteiger partial charge in [0.1, 0.15) is 0 Å². The Balaban J connectivity index is -0.000000125. The van der Waals surface area contributed by atoms with Crippen molar-refractivity contribution in [2.75, 3.05) is 0 Å². The highest BCUT2D eigenvalue weighted by Crippen LogP contribution is 2.45. The van der Waals surface area contributed by atoms with Crippen LogP contribution < -0.4 is 0 Å². The zero-order chi connectivity index (χ0) is 77.2. The standard InChI is InChI=1S/10C10H20.10H2O/c10*1-7-5-6-8(2)10(4)9(7)3;;;;;;;;;;/h10*7-10H,5-6H2,1-4H3;10*1H2. The van der Waals surface area contributed by atoms with Crippen LogP contribution in [-0.4, -0.2) is 54.8 Å². The lowest BCUT2D eigenvalue weighted by atomic mass is 9.69. The SMILES string of the molecule is CC1CCC(C)C(C)C1C.CC1CCC(C)C(C)C1C.CC1CCC(C)C(C)C1C.CC1CCC(C)C(C)C1C.CC1CCC(C)C(C)C1C.CC1CCC(C)C(C)C1C.CC1CCC(C)C(C)C1C.CC1CCC(C)C(C)C1C.CC1CCC(C)C(C)C1C.CC1CCC(C)C(C)C1C.O.O.O.O.O.O.O.O.O.O. The second-order valence-corrected chi connectivity index (χ2v) is 42.5. The van der Waals surface area contributed by atoms with Crippen LogP contribution in [0.5, 0.6) is 0 Å². The molecule has 20 N–H and O–H groups in total. The third-order valence-electron chi connectivity index (χ3n) is 37.0. The van der Waals surface area contributed by atoms with Crippen LogP contribution in [0.2, 0.25) is 0 Å². The maximum Gasteiger partial charge on any atom is -0.0389 e. The third kappa shape index (κ3) is 42.5. The Morgan fingerprint density at radius 3 is 0.127 bits per heavy atom. The minimum absolute atomic E-state index is 0. The van der Waals surface area contributed by atoms with Crippen LogP contribution in [0.25, 0.3) is 0 Å². The number of hydrogen-bond donors (Lipinski definition) is 0. The van der Waals surface area contributed by atoms with Crippen molar-refractivity contribution < 1.29 is 54.8 Å². The molecule has 0 radical (unpaired) electrons. The fourth-order valence-corrected chi connectivity index (χ4v) is 20.9. The van der Waals surface area contributed by atoms with Gasteiger partial charge >= 0.3 is 0 Å². The molecule has 0 heterocycles. The van der Waals surface area contributed by atoms with E-state index in [0.29, 0.717) is 0 Å². The average Bonchev–Trinajstić information content (AvgIpc) is 0.971. The fourth-order valence-electron chi connectivity index (χ4n) is 20.9. The molecule has 0 aliphatic heterocycles. The van der Waals surface area contributed by atoms with Crippen LogP contribution in [0.15, 0.2) is 0 Å². The third-order valence-corrected chi connectivity index (χ3v) is 37.0. The van der Waals surface area contributed by atoms with Gasteiger partial charge in [0.2, 0.25) is 0 Å². The molecule has 680 valence electrons. The molecular formula is C100H220O10. The molecule has 10 saturated carbocycles. The topological polar surface area (TPSA) is 315 Å². The minimum Gasteiger partial charge on any atom is -0.412 e. The van der Waals surface area contributed by atoms with E-state index in [1.807, 2.05) is 0 Å². The first kappa shape index (κ1) is 130. The average molecular weight is 1580 g/mol. The highest BCUT2D eigenvalue weighted by molar-refractivity contribution is 4.86. The molecule has 0 aromatic carbocycles. The normalized spacial score (nSPS) is 44.7. The maximum absolute atomic E-state index is 2.41. The summed E-state index contributed by atoms with van der Waals surface area (Å²) in [7, 11) is 0. The van der Waals surface area contributed by atoms with Crippen molar-refractivity contribution >= 4 is 0 Å². The van der Waals surface area contributed by atoms with Crippen LogP contribution in [-0.2, 0) is 0 Å². The van der Waals surface area contributed by atoms with Crippen molar-refractivity contribution in [1.29, 1.82) is 0 Å². The van der Waals surface area contributed by atoms with E-state index < -0.39 is 0 Å². The largest absolute Gasteiger partial charge is 0.412 e. The van der Waals surface area contributed by atoms with Gasteiger partial charge in [0.15, 0.2) is 0 Å². The van der Waals surface area contributed by atoms with Crippen LogP contribution in [0.3, 0.4) is 0 Å². The van der Waals surface area contributed by atoms with Gasteiger partial charge in [-0.3, -0.25) is 0 Å². The molecule has 10 heteroatoms. The first-order valence-corrected chi connectivity index (χ1v) is 46.3. The lowest BCUT2D eigenvalue weighted by Gasteiger charge is -2.36. The van der Waals surface area contributed by atoms with E-state index in [-0.39, 0.29) is 54.8 Å². The first-order valence-electron chi connectivity index (χ1n) is 46.3. The molecule has 40 atom stereocenters. The molecule has 110 heavy (non-hydrogen) atoms. The lowest BCUT2D eigenvalue weighted by molar-refractivity contribution is 0.137. The molecular weight excluding hydrogens is 1360 g/mol. The Morgan fingerprint density at radius 2 is 0.100 bits per heavy atom. The van der Waals surface area contributed by atoms with Crippen molar-refractivity contribution in [3.8, 4) is 0 Å². The van der Waals surface area contributed by atoms with E-state index in [9.17, 15) is 0 Å². The highest BCUT2D eigenvalue weighted by Gasteiger charge is 2.36. The second kappa shape index (κ2) is 64.5. The predicted octanol–water partition coefficient (Wildman–Crippen LogP) is 25.0. The number of hydrogen-bond acceptors (Lipinski definition) is 0. The van der Waals surface area contributed by atoms with E-state index in [4.69, 9.17) is 0 Å². The van der Waals surface area contributed by atoms with E-state index in [1.54, 1.807) is 0 Å². The van der Waals surface area contributed by atoms with Crippen LogP contribution in [0, 0.1) is 237 Å². The van der Waals surface area contributed by atoms with Gasteiger partial charge in [0.05, 0.1) is 0 Å². The molecule has 0 saturated heterocycles. The summed E-state index contributed by atoms with van der Waals surface area (Å²) in [6.45, 7) is 96.1. The van der Waals surface area contributed by atoms with Gasteiger partial charge in [-0.15, -0.1) is 0 Å². The van der Waals surface area contributed by atoms with Crippen molar-refractivity contribution in [3.05, 3.63) is 0 Å². The molecule has 10 nitrogen and oxygen atoms in total. The predicted molar refractivity (Wildman–Crippen MR) is 495 cm³/mol. The molecule has 10 rings (SSSR count).